The van der Waals surface area contributed by atoms with Gasteiger partial charge in [0.2, 0.25) is 0 Å². The van der Waals surface area contributed by atoms with E-state index in [1.807, 2.05) is 70.2 Å². The minimum Gasteiger partial charge on any atom is -0.458 e. The Morgan fingerprint density at radius 3 is 2.45 bits per heavy atom. The van der Waals surface area contributed by atoms with Gasteiger partial charge >= 0.3 is 12.1 Å². The van der Waals surface area contributed by atoms with E-state index in [-0.39, 0.29) is 24.1 Å². The van der Waals surface area contributed by atoms with Crippen LogP contribution in [0.1, 0.15) is 81.1 Å². The highest BCUT2D eigenvalue weighted by molar-refractivity contribution is 6.00. The first-order valence-corrected chi connectivity index (χ1v) is 20.7. The number of nitrogens with one attached hydrogen (secondary N) is 1. The van der Waals surface area contributed by atoms with Gasteiger partial charge in [0.1, 0.15) is 23.8 Å². The van der Waals surface area contributed by atoms with Crippen LogP contribution in [0.2, 0.25) is 0 Å². The second kappa shape index (κ2) is 18.7. The SMILES string of the molecule is CO[C@]1(C)C[C@@H](C)CN[C@H](C)[C@H]2N(CCCCn3cc(-c4cccc(N)c4)nn3)C(=O)O[C@]2(C)[C@@H](C)OC(=O)[C@H](C)C(=O)[C@H](C)[C@H]1O[C@@H]1O[C@H](C)CC(N(C)C)C1O. The van der Waals surface area contributed by atoms with Crippen molar-refractivity contribution in [2.45, 2.75) is 148 Å². The van der Waals surface area contributed by atoms with Crippen molar-refractivity contribution in [2.24, 2.45) is 17.8 Å². The van der Waals surface area contributed by atoms with Gasteiger partial charge in [0, 0.05) is 49.5 Å². The van der Waals surface area contributed by atoms with Crippen molar-refractivity contribution in [3.05, 3.63) is 30.5 Å². The summed E-state index contributed by atoms with van der Waals surface area (Å²) >= 11 is 0. The van der Waals surface area contributed by atoms with Crippen molar-refractivity contribution in [3.63, 3.8) is 0 Å². The van der Waals surface area contributed by atoms with Crippen molar-refractivity contribution in [3.8, 4) is 11.3 Å². The maximum absolute atomic E-state index is 14.3. The lowest BCUT2D eigenvalue weighted by Crippen LogP contribution is -2.60. The summed E-state index contributed by atoms with van der Waals surface area (Å²) in [4.78, 5) is 45.5. The maximum Gasteiger partial charge on any atom is 0.410 e. The Kier molecular flexibility index (Phi) is 14.7. The number of hydrogen-bond donors (Lipinski definition) is 3. The molecule has 4 heterocycles. The number of carbonyl (C=O) groups excluding carboxylic acids is 3. The summed E-state index contributed by atoms with van der Waals surface area (Å²) in [6, 6.07) is 6.44. The van der Waals surface area contributed by atoms with Gasteiger partial charge in [-0.3, -0.25) is 19.2 Å². The predicted octanol–water partition coefficient (Wildman–Crippen LogP) is 3.89. The van der Waals surface area contributed by atoms with Crippen molar-refractivity contribution in [1.29, 1.82) is 0 Å². The number of esters is 1. The van der Waals surface area contributed by atoms with Crippen LogP contribution in [0.5, 0.6) is 0 Å². The number of carbonyl (C=O) groups is 3. The van der Waals surface area contributed by atoms with Crippen molar-refractivity contribution in [2.75, 3.05) is 40.0 Å². The van der Waals surface area contributed by atoms with Gasteiger partial charge in [-0.25, -0.2) is 4.79 Å². The average Bonchev–Trinajstić information content (AvgIpc) is 3.75. The van der Waals surface area contributed by atoms with E-state index in [2.05, 4.69) is 22.6 Å². The number of ketones is 1. The number of aryl methyl sites for hydroxylation is 1. The zero-order chi connectivity index (χ0) is 42.7. The maximum atomic E-state index is 14.3. The number of cyclic esters (lactones) is 1. The fourth-order valence-corrected chi connectivity index (χ4v) is 9.07. The fraction of sp³-hybridized carbons (Fsp3) is 0.738. The number of anilines is 1. The van der Waals surface area contributed by atoms with Crippen LogP contribution in [0, 0.1) is 17.8 Å². The second-order valence-electron chi connectivity index (χ2n) is 17.5. The highest BCUT2D eigenvalue weighted by atomic mass is 16.7. The number of hydrogen-bond acceptors (Lipinski definition) is 14. The van der Waals surface area contributed by atoms with E-state index >= 15 is 0 Å². The molecule has 16 heteroatoms. The topological polar surface area (TPSA) is 193 Å². The van der Waals surface area contributed by atoms with E-state index in [1.165, 1.54) is 6.92 Å². The monoisotopic (exact) mass is 814 g/mol. The number of benzene rings is 1. The summed E-state index contributed by atoms with van der Waals surface area (Å²) in [5, 5.41) is 23.7. The van der Waals surface area contributed by atoms with E-state index in [0.29, 0.717) is 51.0 Å². The Bertz CT molecular complexity index is 1730. The van der Waals surface area contributed by atoms with Crippen LogP contribution in [0.4, 0.5) is 10.5 Å². The molecule has 3 aliphatic rings. The van der Waals surface area contributed by atoms with Crippen LogP contribution < -0.4 is 11.1 Å². The Balaban J connectivity index is 1.35. The number of rotatable bonds is 10. The van der Waals surface area contributed by atoms with Gasteiger partial charge in [0.25, 0.3) is 0 Å². The Hall–Kier alpha value is -3.67. The molecule has 0 spiro atoms. The first kappa shape index (κ1) is 45.4. The van der Waals surface area contributed by atoms with Gasteiger partial charge in [-0.2, -0.15) is 0 Å². The lowest BCUT2D eigenvalue weighted by atomic mass is 9.78. The van der Waals surface area contributed by atoms with Gasteiger partial charge in [0.15, 0.2) is 17.7 Å². The highest BCUT2D eigenvalue weighted by Crippen LogP contribution is 2.39. The number of nitrogen functional groups attached to an aromatic ring is 1. The summed E-state index contributed by atoms with van der Waals surface area (Å²) in [5.74, 6) is -3.19. The predicted molar refractivity (Wildman–Crippen MR) is 217 cm³/mol. The molecule has 324 valence electrons. The lowest BCUT2D eigenvalue weighted by molar-refractivity contribution is -0.295. The molecule has 3 aliphatic heterocycles. The number of Topliss-reactive ketones (excluding diaryl/α,β-unsaturated/α-hetero) is 1. The molecule has 4 N–H and O–H groups in total. The number of fused-ring (bicyclic) bond motifs is 1. The van der Waals surface area contributed by atoms with Crippen LogP contribution in [-0.2, 0) is 39.8 Å². The number of likely N-dealkylation sites (N-methyl/N-ethyl adjacent to an activating group) is 1. The zero-order valence-electron chi connectivity index (χ0n) is 36.2. The number of aromatic nitrogens is 3. The van der Waals surface area contributed by atoms with Crippen LogP contribution in [0.25, 0.3) is 11.3 Å². The number of ether oxygens (including phenoxy) is 5. The molecule has 0 saturated carbocycles. The number of methoxy groups -OCH3 is 1. The van der Waals surface area contributed by atoms with Crippen LogP contribution in [0.3, 0.4) is 0 Å². The summed E-state index contributed by atoms with van der Waals surface area (Å²) in [6.07, 6.45) is -0.220. The van der Waals surface area contributed by atoms with Crippen LogP contribution >= 0.6 is 0 Å². The number of amides is 1. The third-order valence-corrected chi connectivity index (χ3v) is 12.6. The smallest absolute Gasteiger partial charge is 0.410 e. The van der Waals surface area contributed by atoms with Crippen LogP contribution in [0.15, 0.2) is 30.5 Å². The summed E-state index contributed by atoms with van der Waals surface area (Å²) in [7, 11) is 5.38. The van der Waals surface area contributed by atoms with Crippen molar-refractivity contribution in [1.82, 2.24) is 30.1 Å². The number of nitrogens with zero attached hydrogens (tertiary/aromatic N) is 5. The zero-order valence-corrected chi connectivity index (χ0v) is 36.2. The van der Waals surface area contributed by atoms with E-state index in [0.717, 1.165) is 11.3 Å². The molecular weight excluding hydrogens is 747 g/mol. The second-order valence-corrected chi connectivity index (χ2v) is 17.5. The standard InChI is InChI=1S/C42H67N7O9/c1-24-21-41(7,54-11)37(57-39-35(51)33(47(9)10)19-25(2)55-39)26(3)34(50)27(4)38(52)56-29(6)42(8)36(28(5)44-22-24)49(40(53)58-42)18-13-12-17-48-23-32(45-46-48)30-15-14-16-31(43)20-30/h14-16,20,23-29,33,35-37,39,44,51H,12-13,17-19,21-22,43H2,1-11H3/t24-,25-,26+,27-,28-,29-,33?,35?,36-,37-,39+,41-,42-/m1/s1. The first-order chi connectivity index (χ1) is 27.3. The van der Waals surface area contributed by atoms with Gasteiger partial charge < -0.3 is 44.7 Å². The van der Waals surface area contributed by atoms with E-state index in [9.17, 15) is 19.5 Å². The molecule has 2 aromatic rings. The van der Waals surface area contributed by atoms with Gasteiger partial charge in [-0.05, 0) is 106 Å². The summed E-state index contributed by atoms with van der Waals surface area (Å²) in [5.41, 5.74) is 5.93. The van der Waals surface area contributed by atoms with E-state index < -0.39 is 71.5 Å². The Morgan fingerprint density at radius 1 is 1.07 bits per heavy atom. The highest BCUT2D eigenvalue weighted by Gasteiger charge is 2.58. The van der Waals surface area contributed by atoms with Crippen molar-refractivity contribution >= 4 is 23.5 Å². The Morgan fingerprint density at radius 2 is 1.78 bits per heavy atom. The molecule has 2 unspecified atom stereocenters. The number of unbranched alkanes of at least 4 members (excludes halogenated alkanes) is 1. The molecule has 1 aromatic carbocycles. The van der Waals surface area contributed by atoms with E-state index in [1.54, 1.807) is 37.5 Å². The molecule has 3 fully saturated rings. The fourth-order valence-electron chi connectivity index (χ4n) is 9.07. The molecule has 0 bridgehead atoms. The molecule has 1 aromatic heterocycles. The van der Waals surface area contributed by atoms with Crippen LogP contribution in [-0.4, -0.2) is 142 Å². The molecule has 16 nitrogen and oxygen atoms in total. The number of aliphatic hydroxyl groups is 1. The molecule has 3 saturated heterocycles. The molecule has 0 aliphatic carbocycles. The Labute approximate surface area is 343 Å². The molecule has 0 radical (unpaired) electrons. The quantitative estimate of drug-likeness (QED) is 0.135. The third-order valence-electron chi connectivity index (χ3n) is 12.6. The van der Waals surface area contributed by atoms with E-state index in [4.69, 9.17) is 29.4 Å². The molecule has 5 rings (SSSR count). The minimum atomic E-state index is -1.24. The third kappa shape index (κ3) is 9.85. The van der Waals surface area contributed by atoms with Gasteiger partial charge in [-0.15, -0.1) is 5.10 Å². The molecule has 13 atom stereocenters. The number of nitrogens with two attached hydrogens (primary N) is 1. The molecular formula is C42H67N7O9. The first-order valence-electron chi connectivity index (χ1n) is 20.7. The number of aliphatic hydroxyl groups excluding tert-OH is 1. The normalized spacial score (nSPS) is 36.9. The molecule has 58 heavy (non-hydrogen) atoms. The summed E-state index contributed by atoms with van der Waals surface area (Å²) < 4.78 is 33.0. The minimum absolute atomic E-state index is 0.0121. The molecule has 1 amide bonds. The van der Waals surface area contributed by atoms with Gasteiger partial charge in [0.05, 0.1) is 30.0 Å². The average molecular weight is 814 g/mol. The lowest BCUT2D eigenvalue weighted by Gasteiger charge is -2.46. The van der Waals surface area contributed by atoms with Crippen molar-refractivity contribution < 1.29 is 43.2 Å². The largest absolute Gasteiger partial charge is 0.458 e. The summed E-state index contributed by atoms with van der Waals surface area (Å²) in [6.45, 7) is 16.2. The van der Waals surface area contributed by atoms with Gasteiger partial charge in [-0.1, -0.05) is 31.2 Å².